The average Bonchev–Trinajstić information content (AvgIpc) is 2.86. The monoisotopic (exact) mass is 601 g/mol. The second-order valence-corrected chi connectivity index (χ2v) is 12.9. The van der Waals surface area contributed by atoms with Gasteiger partial charge in [0.2, 0.25) is 21.8 Å². The highest BCUT2D eigenvalue weighted by molar-refractivity contribution is 7.92. The number of benzene rings is 2. The molecule has 1 N–H and O–H groups in total. The van der Waals surface area contributed by atoms with Crippen LogP contribution >= 0.6 is 34.8 Å². The second kappa shape index (κ2) is 13.4. The van der Waals surface area contributed by atoms with Gasteiger partial charge in [0.15, 0.2) is 0 Å². The van der Waals surface area contributed by atoms with E-state index in [1.54, 1.807) is 37.3 Å². The fourth-order valence-corrected chi connectivity index (χ4v) is 6.13. The van der Waals surface area contributed by atoms with Crippen molar-refractivity contribution in [3.63, 3.8) is 0 Å². The zero-order valence-corrected chi connectivity index (χ0v) is 24.9. The number of anilines is 1. The molecule has 0 unspecified atom stereocenters. The van der Waals surface area contributed by atoms with E-state index in [1.807, 2.05) is 6.92 Å². The number of carbonyl (C=O) groups excluding carboxylic acids is 2. The summed E-state index contributed by atoms with van der Waals surface area (Å²) in [5.74, 6) is -0.774. The first-order chi connectivity index (χ1) is 17.9. The topological polar surface area (TPSA) is 86.8 Å². The van der Waals surface area contributed by atoms with Gasteiger partial charge >= 0.3 is 0 Å². The lowest BCUT2D eigenvalue weighted by Crippen LogP contribution is -2.54. The van der Waals surface area contributed by atoms with Crippen molar-refractivity contribution in [1.29, 1.82) is 0 Å². The standard InChI is InChI=1S/C27H34Cl3N3O4S/c1-4-24(27(35)31-21-8-6-5-7-9-21)32(16-19-11-13-22(29)23(30)14-19)26(34)17-33(38(3,36)37)25-15-20(28)12-10-18(25)2/h10-15,21,24H,4-9,16-17H2,1-3H3,(H,31,35)/t24-/m0/s1. The van der Waals surface area contributed by atoms with Crippen molar-refractivity contribution in [2.75, 3.05) is 17.1 Å². The maximum atomic E-state index is 13.9. The molecule has 3 rings (SSSR count). The van der Waals surface area contributed by atoms with E-state index in [4.69, 9.17) is 34.8 Å². The van der Waals surface area contributed by atoms with Gasteiger partial charge in [-0.05, 0) is 61.6 Å². The van der Waals surface area contributed by atoms with Crippen LogP contribution in [0, 0.1) is 6.92 Å². The Bertz CT molecular complexity index is 1270. The molecule has 208 valence electrons. The lowest BCUT2D eigenvalue weighted by atomic mass is 9.95. The number of hydrogen-bond acceptors (Lipinski definition) is 4. The molecule has 0 aliphatic heterocycles. The van der Waals surface area contributed by atoms with Crippen LogP contribution in [0.3, 0.4) is 0 Å². The molecule has 0 bridgehead atoms. The summed E-state index contributed by atoms with van der Waals surface area (Å²) in [5, 5.41) is 4.15. The summed E-state index contributed by atoms with van der Waals surface area (Å²) in [6.45, 7) is 3.14. The Morgan fingerprint density at radius 3 is 2.32 bits per heavy atom. The van der Waals surface area contributed by atoms with Crippen molar-refractivity contribution in [3.8, 4) is 0 Å². The summed E-state index contributed by atoms with van der Waals surface area (Å²) in [5.41, 5.74) is 1.62. The van der Waals surface area contributed by atoms with E-state index in [0.29, 0.717) is 38.3 Å². The summed E-state index contributed by atoms with van der Waals surface area (Å²) in [6, 6.07) is 9.13. The quantitative estimate of drug-likeness (QED) is 0.363. The highest BCUT2D eigenvalue weighted by atomic mass is 35.5. The summed E-state index contributed by atoms with van der Waals surface area (Å²) in [6.07, 6.45) is 6.44. The van der Waals surface area contributed by atoms with Gasteiger partial charge in [-0.3, -0.25) is 13.9 Å². The molecule has 1 saturated carbocycles. The van der Waals surface area contributed by atoms with Crippen molar-refractivity contribution < 1.29 is 18.0 Å². The van der Waals surface area contributed by atoms with Gasteiger partial charge < -0.3 is 10.2 Å². The molecule has 2 amide bonds. The molecule has 0 spiro atoms. The van der Waals surface area contributed by atoms with Gasteiger partial charge in [-0.15, -0.1) is 0 Å². The van der Waals surface area contributed by atoms with Gasteiger partial charge in [0.05, 0.1) is 22.0 Å². The molecule has 0 saturated heterocycles. The fourth-order valence-electron chi connectivity index (χ4n) is 4.74. The van der Waals surface area contributed by atoms with Crippen LogP contribution in [0.25, 0.3) is 0 Å². The van der Waals surface area contributed by atoms with Crippen molar-refractivity contribution in [2.45, 2.75) is 71.0 Å². The predicted octanol–water partition coefficient (Wildman–Crippen LogP) is 5.98. The first-order valence-electron chi connectivity index (χ1n) is 12.7. The number of aryl methyl sites for hydroxylation is 1. The van der Waals surface area contributed by atoms with Crippen LogP contribution in [0.4, 0.5) is 5.69 Å². The van der Waals surface area contributed by atoms with Gasteiger partial charge in [0.1, 0.15) is 12.6 Å². The van der Waals surface area contributed by atoms with E-state index >= 15 is 0 Å². The van der Waals surface area contributed by atoms with Crippen LogP contribution in [0.5, 0.6) is 0 Å². The van der Waals surface area contributed by atoms with Gasteiger partial charge in [-0.2, -0.15) is 0 Å². The van der Waals surface area contributed by atoms with Crippen molar-refractivity contribution in [1.82, 2.24) is 10.2 Å². The Hall–Kier alpha value is -2.00. The first-order valence-corrected chi connectivity index (χ1v) is 15.7. The minimum absolute atomic E-state index is 0.0540. The molecular weight excluding hydrogens is 569 g/mol. The summed E-state index contributed by atoms with van der Waals surface area (Å²) >= 11 is 18.5. The molecule has 2 aromatic rings. The minimum atomic E-state index is -3.86. The van der Waals surface area contributed by atoms with E-state index in [2.05, 4.69) is 5.32 Å². The van der Waals surface area contributed by atoms with Crippen molar-refractivity contribution >= 4 is 62.3 Å². The van der Waals surface area contributed by atoms with Gasteiger partial charge in [0.25, 0.3) is 0 Å². The maximum absolute atomic E-state index is 13.9. The predicted molar refractivity (Wildman–Crippen MR) is 154 cm³/mol. The van der Waals surface area contributed by atoms with Crippen molar-refractivity contribution in [2.24, 2.45) is 0 Å². The molecule has 38 heavy (non-hydrogen) atoms. The Labute approximate surface area is 240 Å². The van der Waals surface area contributed by atoms with E-state index in [0.717, 1.165) is 42.7 Å². The number of nitrogens with one attached hydrogen (secondary N) is 1. The number of nitrogens with zero attached hydrogens (tertiary/aromatic N) is 2. The highest BCUT2D eigenvalue weighted by Crippen LogP contribution is 2.28. The van der Waals surface area contributed by atoms with E-state index in [9.17, 15) is 18.0 Å². The Morgan fingerprint density at radius 1 is 1.03 bits per heavy atom. The van der Waals surface area contributed by atoms with Crippen molar-refractivity contribution in [3.05, 3.63) is 62.6 Å². The molecule has 11 heteroatoms. The van der Waals surface area contributed by atoms with E-state index in [-0.39, 0.29) is 18.5 Å². The molecule has 1 fully saturated rings. The van der Waals surface area contributed by atoms with E-state index < -0.39 is 28.5 Å². The number of hydrogen-bond donors (Lipinski definition) is 1. The number of amides is 2. The molecule has 0 heterocycles. The third kappa shape index (κ3) is 8.01. The Kier molecular flexibility index (Phi) is 10.7. The average molecular weight is 603 g/mol. The van der Waals surface area contributed by atoms with Gasteiger partial charge in [0, 0.05) is 17.6 Å². The summed E-state index contributed by atoms with van der Waals surface area (Å²) < 4.78 is 26.7. The number of rotatable bonds is 10. The van der Waals surface area contributed by atoms with Crippen LogP contribution in [0.1, 0.15) is 56.6 Å². The van der Waals surface area contributed by atoms with Gasteiger partial charge in [-0.25, -0.2) is 8.42 Å². The molecule has 0 aromatic heterocycles. The second-order valence-electron chi connectivity index (χ2n) is 9.74. The first kappa shape index (κ1) is 30.5. The lowest BCUT2D eigenvalue weighted by Gasteiger charge is -2.34. The SMILES string of the molecule is CC[C@@H](C(=O)NC1CCCCC1)N(Cc1ccc(Cl)c(Cl)c1)C(=O)CN(c1cc(Cl)ccc1C)S(C)(=O)=O. The van der Waals surface area contributed by atoms with Crippen LogP contribution < -0.4 is 9.62 Å². The third-order valence-corrected chi connectivity index (χ3v) is 8.89. The smallest absolute Gasteiger partial charge is 0.244 e. The Morgan fingerprint density at radius 2 is 1.71 bits per heavy atom. The fraction of sp³-hybridized carbons (Fsp3) is 0.481. The molecule has 7 nitrogen and oxygen atoms in total. The molecule has 1 atom stereocenters. The molecule has 2 aromatic carbocycles. The lowest BCUT2D eigenvalue weighted by molar-refractivity contribution is -0.140. The molecule has 1 aliphatic carbocycles. The zero-order chi connectivity index (χ0) is 28.0. The minimum Gasteiger partial charge on any atom is -0.352 e. The summed E-state index contributed by atoms with van der Waals surface area (Å²) in [4.78, 5) is 28.7. The largest absolute Gasteiger partial charge is 0.352 e. The Balaban J connectivity index is 1.96. The van der Waals surface area contributed by atoms with Crippen LogP contribution in [-0.2, 0) is 26.2 Å². The normalized spacial score (nSPS) is 15.1. The number of sulfonamides is 1. The number of carbonyl (C=O) groups is 2. The maximum Gasteiger partial charge on any atom is 0.244 e. The highest BCUT2D eigenvalue weighted by Gasteiger charge is 2.33. The third-order valence-electron chi connectivity index (χ3n) is 6.79. The summed E-state index contributed by atoms with van der Waals surface area (Å²) in [7, 11) is -3.86. The van der Waals surface area contributed by atoms with E-state index in [1.165, 1.54) is 11.0 Å². The van der Waals surface area contributed by atoms with Crippen LogP contribution in [0.2, 0.25) is 15.1 Å². The zero-order valence-electron chi connectivity index (χ0n) is 21.8. The molecule has 0 radical (unpaired) electrons. The van der Waals surface area contributed by atoms with Gasteiger partial charge in [-0.1, -0.05) is 73.1 Å². The van der Waals surface area contributed by atoms with Crippen LogP contribution in [-0.4, -0.2) is 50.0 Å². The molecule has 1 aliphatic rings. The van der Waals surface area contributed by atoms with Crippen LogP contribution in [0.15, 0.2) is 36.4 Å². The molecular formula is C27H34Cl3N3O4S. The number of halogens is 3.